The molecule has 1 unspecified atom stereocenters. The van der Waals surface area contributed by atoms with Crippen molar-refractivity contribution in [2.24, 2.45) is 0 Å². The Hall–Kier alpha value is -1.86. The highest BCUT2D eigenvalue weighted by Gasteiger charge is 2.11. The van der Waals surface area contributed by atoms with Gasteiger partial charge in [0.2, 0.25) is 0 Å². The Kier molecular flexibility index (Phi) is 4.93. The predicted molar refractivity (Wildman–Crippen MR) is 81.8 cm³/mol. The van der Waals surface area contributed by atoms with Gasteiger partial charge in [0.25, 0.3) is 0 Å². The second kappa shape index (κ2) is 6.91. The van der Waals surface area contributed by atoms with Crippen molar-refractivity contribution in [1.82, 2.24) is 4.90 Å². The number of nitrogens with zero attached hydrogens (tertiary/aromatic N) is 1. The van der Waals surface area contributed by atoms with Crippen molar-refractivity contribution in [2.75, 3.05) is 0 Å². The average molecular weight is 251 g/mol. The number of rotatable bonds is 6. The fourth-order valence-electron chi connectivity index (χ4n) is 2.13. The van der Waals surface area contributed by atoms with Gasteiger partial charge < -0.3 is 0 Å². The van der Waals surface area contributed by atoms with E-state index in [-0.39, 0.29) is 0 Å². The maximum absolute atomic E-state index is 3.92. The zero-order chi connectivity index (χ0) is 13.5. The lowest BCUT2D eigenvalue weighted by Gasteiger charge is -2.27. The molecule has 0 aliphatic heterocycles. The SMILES string of the molecule is C=CC(C)N(Cc1ccccc1)Cc1ccccc1. The van der Waals surface area contributed by atoms with Crippen LogP contribution in [0.1, 0.15) is 18.1 Å². The lowest BCUT2D eigenvalue weighted by atomic mass is 10.1. The highest BCUT2D eigenvalue weighted by Crippen LogP contribution is 2.13. The molecule has 0 amide bonds. The summed E-state index contributed by atoms with van der Waals surface area (Å²) in [6, 6.07) is 21.5. The second-order valence-electron chi connectivity index (χ2n) is 4.85. The fourth-order valence-corrected chi connectivity index (χ4v) is 2.13. The minimum Gasteiger partial charge on any atom is -0.289 e. The number of hydrogen-bond donors (Lipinski definition) is 0. The Labute approximate surface area is 116 Å². The monoisotopic (exact) mass is 251 g/mol. The van der Waals surface area contributed by atoms with Crippen molar-refractivity contribution < 1.29 is 0 Å². The highest BCUT2D eigenvalue weighted by molar-refractivity contribution is 5.17. The lowest BCUT2D eigenvalue weighted by Crippen LogP contribution is -2.30. The topological polar surface area (TPSA) is 3.24 Å². The van der Waals surface area contributed by atoms with E-state index < -0.39 is 0 Å². The van der Waals surface area contributed by atoms with Crippen LogP contribution >= 0.6 is 0 Å². The van der Waals surface area contributed by atoms with Crippen LogP contribution in [0.3, 0.4) is 0 Å². The lowest BCUT2D eigenvalue weighted by molar-refractivity contribution is 0.223. The molecular weight excluding hydrogens is 230 g/mol. The van der Waals surface area contributed by atoms with Crippen LogP contribution in [0.4, 0.5) is 0 Å². The van der Waals surface area contributed by atoms with E-state index in [1.807, 2.05) is 6.08 Å². The molecule has 1 nitrogen and oxygen atoms in total. The summed E-state index contributed by atoms with van der Waals surface area (Å²) in [5.74, 6) is 0. The molecule has 0 spiro atoms. The van der Waals surface area contributed by atoms with Crippen molar-refractivity contribution in [1.29, 1.82) is 0 Å². The molecule has 0 bridgehead atoms. The van der Waals surface area contributed by atoms with Crippen LogP contribution in [0.5, 0.6) is 0 Å². The minimum absolute atomic E-state index is 0.361. The molecule has 2 aromatic rings. The van der Waals surface area contributed by atoms with E-state index in [1.165, 1.54) is 11.1 Å². The first kappa shape index (κ1) is 13.6. The van der Waals surface area contributed by atoms with Gasteiger partial charge in [-0.2, -0.15) is 0 Å². The molecule has 2 rings (SSSR count). The summed E-state index contributed by atoms with van der Waals surface area (Å²) in [5.41, 5.74) is 2.68. The smallest absolute Gasteiger partial charge is 0.0254 e. The van der Waals surface area contributed by atoms with Gasteiger partial charge in [-0.1, -0.05) is 66.7 Å². The predicted octanol–water partition coefficient (Wildman–Crippen LogP) is 4.26. The molecule has 0 radical (unpaired) electrons. The van der Waals surface area contributed by atoms with Crippen LogP contribution in [0.2, 0.25) is 0 Å². The molecule has 0 aromatic heterocycles. The van der Waals surface area contributed by atoms with E-state index in [9.17, 15) is 0 Å². The van der Waals surface area contributed by atoms with Crippen LogP contribution in [0.15, 0.2) is 73.3 Å². The van der Waals surface area contributed by atoms with Gasteiger partial charge in [0.15, 0.2) is 0 Å². The second-order valence-corrected chi connectivity index (χ2v) is 4.85. The van der Waals surface area contributed by atoms with Gasteiger partial charge in [0.1, 0.15) is 0 Å². The van der Waals surface area contributed by atoms with Crippen LogP contribution in [0.25, 0.3) is 0 Å². The molecule has 0 N–H and O–H groups in total. The molecular formula is C18H21N. The van der Waals surface area contributed by atoms with Gasteiger partial charge in [0, 0.05) is 19.1 Å². The molecule has 1 atom stereocenters. The maximum atomic E-state index is 3.92. The molecule has 0 fully saturated rings. The zero-order valence-electron chi connectivity index (χ0n) is 11.5. The van der Waals surface area contributed by atoms with E-state index in [0.717, 1.165) is 13.1 Å². The average Bonchev–Trinajstić information content (AvgIpc) is 2.48. The molecule has 0 saturated carbocycles. The van der Waals surface area contributed by atoms with Crippen LogP contribution < -0.4 is 0 Å². The third kappa shape index (κ3) is 4.08. The third-order valence-electron chi connectivity index (χ3n) is 3.37. The van der Waals surface area contributed by atoms with Crippen LogP contribution in [-0.4, -0.2) is 10.9 Å². The van der Waals surface area contributed by atoms with Crippen molar-refractivity contribution in [3.63, 3.8) is 0 Å². The Bertz CT molecular complexity index is 448. The summed E-state index contributed by atoms with van der Waals surface area (Å²) in [6.07, 6.45) is 2.01. The molecule has 0 saturated heterocycles. The van der Waals surface area contributed by atoms with E-state index in [1.54, 1.807) is 0 Å². The van der Waals surface area contributed by atoms with Gasteiger partial charge in [-0.05, 0) is 18.1 Å². The van der Waals surface area contributed by atoms with Crippen molar-refractivity contribution in [3.05, 3.63) is 84.4 Å². The van der Waals surface area contributed by atoms with Gasteiger partial charge in [-0.15, -0.1) is 6.58 Å². The first-order chi connectivity index (χ1) is 9.29. The molecule has 19 heavy (non-hydrogen) atoms. The first-order valence-corrected chi connectivity index (χ1v) is 6.74. The largest absolute Gasteiger partial charge is 0.289 e. The van der Waals surface area contributed by atoms with E-state index in [2.05, 4.69) is 79.1 Å². The number of benzene rings is 2. The van der Waals surface area contributed by atoms with E-state index >= 15 is 0 Å². The molecule has 1 heteroatoms. The quantitative estimate of drug-likeness (QED) is 0.693. The minimum atomic E-state index is 0.361. The Balaban J connectivity index is 2.10. The summed E-state index contributed by atoms with van der Waals surface area (Å²) in [6.45, 7) is 8.01. The Morgan fingerprint density at radius 1 is 0.895 bits per heavy atom. The molecule has 2 aromatic carbocycles. The van der Waals surface area contributed by atoms with Crippen molar-refractivity contribution >= 4 is 0 Å². The summed E-state index contributed by atoms with van der Waals surface area (Å²) in [7, 11) is 0. The van der Waals surface area contributed by atoms with Crippen LogP contribution in [0, 0.1) is 0 Å². The standard InChI is InChI=1S/C18H21N/c1-3-16(2)19(14-17-10-6-4-7-11-17)15-18-12-8-5-9-13-18/h3-13,16H,1,14-15H2,2H3. The van der Waals surface area contributed by atoms with Crippen molar-refractivity contribution in [3.8, 4) is 0 Å². The van der Waals surface area contributed by atoms with Gasteiger partial charge in [0.05, 0.1) is 0 Å². The van der Waals surface area contributed by atoms with Crippen LogP contribution in [-0.2, 0) is 13.1 Å². The summed E-state index contributed by atoms with van der Waals surface area (Å²) in [4.78, 5) is 2.43. The van der Waals surface area contributed by atoms with E-state index in [4.69, 9.17) is 0 Å². The van der Waals surface area contributed by atoms with E-state index in [0.29, 0.717) is 6.04 Å². The molecule has 0 aliphatic rings. The molecule has 0 heterocycles. The van der Waals surface area contributed by atoms with Gasteiger partial charge >= 0.3 is 0 Å². The Morgan fingerprint density at radius 3 is 1.68 bits per heavy atom. The third-order valence-corrected chi connectivity index (χ3v) is 3.37. The molecule has 98 valence electrons. The van der Waals surface area contributed by atoms with Gasteiger partial charge in [-0.25, -0.2) is 0 Å². The summed E-state index contributed by atoms with van der Waals surface area (Å²) < 4.78 is 0. The summed E-state index contributed by atoms with van der Waals surface area (Å²) >= 11 is 0. The number of hydrogen-bond acceptors (Lipinski definition) is 1. The summed E-state index contributed by atoms with van der Waals surface area (Å²) in [5, 5.41) is 0. The van der Waals surface area contributed by atoms with Gasteiger partial charge in [-0.3, -0.25) is 4.90 Å². The fraction of sp³-hybridized carbons (Fsp3) is 0.222. The van der Waals surface area contributed by atoms with Crippen molar-refractivity contribution in [2.45, 2.75) is 26.1 Å². The maximum Gasteiger partial charge on any atom is 0.0254 e. The first-order valence-electron chi connectivity index (χ1n) is 6.74. The normalized spacial score (nSPS) is 12.3. The zero-order valence-corrected chi connectivity index (χ0v) is 11.5. The Morgan fingerprint density at radius 2 is 1.32 bits per heavy atom. The molecule has 0 aliphatic carbocycles. The highest BCUT2D eigenvalue weighted by atomic mass is 15.1.